The van der Waals surface area contributed by atoms with Gasteiger partial charge in [-0.05, 0) is 18.9 Å². The number of hydrazine groups is 1. The van der Waals surface area contributed by atoms with Crippen molar-refractivity contribution in [3.05, 3.63) is 35.1 Å². The summed E-state index contributed by atoms with van der Waals surface area (Å²) < 4.78 is 19.2. The largest absolute Gasteiger partial charge is 0.379 e. The van der Waals surface area contributed by atoms with E-state index in [0.717, 1.165) is 5.56 Å². The van der Waals surface area contributed by atoms with Crippen LogP contribution in [-0.4, -0.2) is 13.2 Å². The van der Waals surface area contributed by atoms with E-state index in [0.29, 0.717) is 5.56 Å². The summed E-state index contributed by atoms with van der Waals surface area (Å²) in [6.45, 7) is 5.96. The maximum absolute atomic E-state index is 13.8. The van der Waals surface area contributed by atoms with Gasteiger partial charge in [0, 0.05) is 12.7 Å². The van der Waals surface area contributed by atoms with Gasteiger partial charge in [-0.1, -0.05) is 31.5 Å². The predicted octanol–water partition coefficient (Wildman–Crippen LogP) is 2.31. The van der Waals surface area contributed by atoms with Gasteiger partial charge in [-0.25, -0.2) is 4.39 Å². The Labute approximate surface area is 102 Å². The van der Waals surface area contributed by atoms with Crippen LogP contribution in [0.3, 0.4) is 0 Å². The van der Waals surface area contributed by atoms with Crippen LogP contribution in [0.2, 0.25) is 0 Å². The number of hydrogen-bond donors (Lipinski definition) is 2. The first-order chi connectivity index (χ1) is 8.01. The highest BCUT2D eigenvalue weighted by atomic mass is 19.1. The molecule has 1 aromatic carbocycles. The van der Waals surface area contributed by atoms with E-state index in [2.05, 4.69) is 5.43 Å². The Morgan fingerprint density at radius 1 is 1.35 bits per heavy atom. The zero-order chi connectivity index (χ0) is 13.0. The maximum Gasteiger partial charge on any atom is 0.128 e. The van der Waals surface area contributed by atoms with Crippen LogP contribution in [0, 0.1) is 18.7 Å². The molecule has 4 heteroatoms. The third-order valence-electron chi connectivity index (χ3n) is 2.92. The van der Waals surface area contributed by atoms with Crippen LogP contribution in [0.25, 0.3) is 0 Å². The number of nitrogens with one attached hydrogen (secondary N) is 1. The summed E-state index contributed by atoms with van der Waals surface area (Å²) in [6.07, 6.45) is -0.170. The molecule has 96 valence electrons. The number of ether oxygens (including phenoxy) is 1. The van der Waals surface area contributed by atoms with Crippen LogP contribution in [0.15, 0.2) is 18.2 Å². The summed E-state index contributed by atoms with van der Waals surface area (Å²) in [5.41, 5.74) is 4.20. The van der Waals surface area contributed by atoms with Gasteiger partial charge >= 0.3 is 0 Å². The SMILES string of the molecule is COC(C(C)C)C(NN)c1cc(C)ccc1F. The lowest BCUT2D eigenvalue weighted by Crippen LogP contribution is -2.40. The third kappa shape index (κ3) is 3.25. The van der Waals surface area contributed by atoms with Crippen LogP contribution in [0.4, 0.5) is 4.39 Å². The molecule has 0 amide bonds. The van der Waals surface area contributed by atoms with Crippen LogP contribution in [0.1, 0.15) is 31.0 Å². The summed E-state index contributed by atoms with van der Waals surface area (Å²) >= 11 is 0. The molecule has 0 aliphatic rings. The van der Waals surface area contributed by atoms with E-state index in [9.17, 15) is 4.39 Å². The van der Waals surface area contributed by atoms with Crippen LogP contribution >= 0.6 is 0 Å². The molecule has 2 atom stereocenters. The van der Waals surface area contributed by atoms with Crippen molar-refractivity contribution in [1.82, 2.24) is 5.43 Å². The third-order valence-corrected chi connectivity index (χ3v) is 2.92. The number of benzene rings is 1. The zero-order valence-electron chi connectivity index (χ0n) is 10.8. The molecule has 0 aromatic heterocycles. The Morgan fingerprint density at radius 2 is 2.00 bits per heavy atom. The second-order valence-electron chi connectivity index (χ2n) is 4.61. The molecule has 0 saturated heterocycles. The fourth-order valence-corrected chi connectivity index (χ4v) is 2.06. The Kier molecular flexibility index (Phi) is 5.05. The molecule has 1 aromatic rings. The van der Waals surface area contributed by atoms with E-state index >= 15 is 0 Å². The van der Waals surface area contributed by atoms with Gasteiger partial charge in [-0.15, -0.1) is 0 Å². The van der Waals surface area contributed by atoms with Crippen molar-refractivity contribution in [1.29, 1.82) is 0 Å². The van der Waals surface area contributed by atoms with Gasteiger partial charge in [0.25, 0.3) is 0 Å². The summed E-state index contributed by atoms with van der Waals surface area (Å²) in [5, 5.41) is 0. The number of nitrogens with two attached hydrogens (primary N) is 1. The minimum Gasteiger partial charge on any atom is -0.379 e. The maximum atomic E-state index is 13.8. The van der Waals surface area contributed by atoms with Gasteiger partial charge in [0.2, 0.25) is 0 Å². The molecule has 2 unspecified atom stereocenters. The lowest BCUT2D eigenvalue weighted by Gasteiger charge is -2.29. The number of hydrogen-bond acceptors (Lipinski definition) is 3. The average molecular weight is 240 g/mol. The van der Waals surface area contributed by atoms with Crippen molar-refractivity contribution in [2.24, 2.45) is 11.8 Å². The highest BCUT2D eigenvalue weighted by molar-refractivity contribution is 5.27. The van der Waals surface area contributed by atoms with Gasteiger partial charge in [0.15, 0.2) is 0 Å². The summed E-state index contributed by atoms with van der Waals surface area (Å²) in [6, 6.07) is 4.65. The number of rotatable bonds is 5. The number of halogens is 1. The van der Waals surface area contributed by atoms with E-state index in [1.54, 1.807) is 19.2 Å². The lowest BCUT2D eigenvalue weighted by molar-refractivity contribution is 0.0316. The molecule has 0 heterocycles. The molecular formula is C13H21FN2O. The highest BCUT2D eigenvalue weighted by Gasteiger charge is 2.27. The fourth-order valence-electron chi connectivity index (χ4n) is 2.06. The monoisotopic (exact) mass is 240 g/mol. The van der Waals surface area contributed by atoms with Crippen molar-refractivity contribution in [3.8, 4) is 0 Å². The Balaban J connectivity index is 3.11. The van der Waals surface area contributed by atoms with Crippen LogP contribution in [-0.2, 0) is 4.74 Å². The van der Waals surface area contributed by atoms with Crippen molar-refractivity contribution >= 4 is 0 Å². The molecule has 0 bridgehead atoms. The highest BCUT2D eigenvalue weighted by Crippen LogP contribution is 2.26. The van der Waals surface area contributed by atoms with Gasteiger partial charge in [0.05, 0.1) is 12.1 Å². The molecule has 0 saturated carbocycles. The van der Waals surface area contributed by atoms with Gasteiger partial charge in [-0.2, -0.15) is 0 Å². The van der Waals surface area contributed by atoms with Crippen molar-refractivity contribution in [2.75, 3.05) is 7.11 Å². The van der Waals surface area contributed by atoms with Crippen molar-refractivity contribution < 1.29 is 9.13 Å². The molecular weight excluding hydrogens is 219 g/mol. The molecule has 0 fully saturated rings. The average Bonchev–Trinajstić information content (AvgIpc) is 2.28. The zero-order valence-corrected chi connectivity index (χ0v) is 10.8. The molecule has 17 heavy (non-hydrogen) atoms. The topological polar surface area (TPSA) is 47.3 Å². The lowest BCUT2D eigenvalue weighted by atomic mass is 9.93. The second-order valence-corrected chi connectivity index (χ2v) is 4.61. The van der Waals surface area contributed by atoms with E-state index in [1.165, 1.54) is 6.07 Å². The minimum atomic E-state index is -0.347. The van der Waals surface area contributed by atoms with Crippen molar-refractivity contribution in [3.63, 3.8) is 0 Å². The van der Waals surface area contributed by atoms with E-state index < -0.39 is 0 Å². The quantitative estimate of drug-likeness (QED) is 0.613. The summed E-state index contributed by atoms with van der Waals surface area (Å²) in [7, 11) is 1.61. The Bertz CT molecular complexity index is 368. The molecule has 0 aliphatic carbocycles. The normalized spacial score (nSPS) is 15.0. The summed E-state index contributed by atoms with van der Waals surface area (Å²) in [4.78, 5) is 0. The first kappa shape index (κ1) is 14.1. The first-order valence-electron chi connectivity index (χ1n) is 5.76. The van der Waals surface area contributed by atoms with Gasteiger partial charge < -0.3 is 4.74 Å². The fraction of sp³-hybridized carbons (Fsp3) is 0.538. The molecule has 0 radical (unpaired) electrons. The van der Waals surface area contributed by atoms with Crippen LogP contribution < -0.4 is 11.3 Å². The van der Waals surface area contributed by atoms with Crippen LogP contribution in [0.5, 0.6) is 0 Å². The standard InChI is InChI=1S/C13H21FN2O/c1-8(2)13(17-4)12(16-15)10-7-9(3)5-6-11(10)14/h5-8,12-13,16H,15H2,1-4H3. The number of methoxy groups -OCH3 is 1. The molecule has 3 N–H and O–H groups in total. The molecule has 3 nitrogen and oxygen atoms in total. The van der Waals surface area contributed by atoms with E-state index in [1.807, 2.05) is 20.8 Å². The van der Waals surface area contributed by atoms with E-state index in [4.69, 9.17) is 10.6 Å². The Morgan fingerprint density at radius 3 is 2.47 bits per heavy atom. The smallest absolute Gasteiger partial charge is 0.128 e. The second kappa shape index (κ2) is 6.10. The van der Waals surface area contributed by atoms with Gasteiger partial charge in [-0.3, -0.25) is 11.3 Å². The van der Waals surface area contributed by atoms with E-state index in [-0.39, 0.29) is 23.9 Å². The minimum absolute atomic E-state index is 0.170. The number of aryl methyl sites for hydroxylation is 1. The van der Waals surface area contributed by atoms with Crippen molar-refractivity contribution in [2.45, 2.75) is 32.9 Å². The first-order valence-corrected chi connectivity index (χ1v) is 5.76. The summed E-state index contributed by atoms with van der Waals surface area (Å²) in [5.74, 6) is 5.52. The molecule has 1 rings (SSSR count). The Hall–Kier alpha value is -0.970. The molecule has 0 spiro atoms. The predicted molar refractivity (Wildman–Crippen MR) is 66.8 cm³/mol. The van der Waals surface area contributed by atoms with Gasteiger partial charge in [0.1, 0.15) is 5.82 Å². The molecule has 0 aliphatic heterocycles.